The topological polar surface area (TPSA) is 42.5 Å². The van der Waals surface area contributed by atoms with Gasteiger partial charge in [0.1, 0.15) is 10.7 Å². The third-order valence-electron chi connectivity index (χ3n) is 2.96. The van der Waals surface area contributed by atoms with Gasteiger partial charge in [0.05, 0.1) is 6.61 Å². The van der Waals surface area contributed by atoms with Gasteiger partial charge in [-0.2, -0.15) is 0 Å². The van der Waals surface area contributed by atoms with Gasteiger partial charge in [0.15, 0.2) is 0 Å². The number of benzene rings is 1. The van der Waals surface area contributed by atoms with Gasteiger partial charge in [-0.15, -0.1) is 0 Å². The van der Waals surface area contributed by atoms with E-state index < -0.39 is 0 Å². The van der Waals surface area contributed by atoms with Crippen molar-refractivity contribution in [3.05, 3.63) is 29.3 Å². The summed E-state index contributed by atoms with van der Waals surface area (Å²) in [6, 6.07) is 5.98. The van der Waals surface area contributed by atoms with Crippen LogP contribution in [0.3, 0.4) is 0 Å². The predicted octanol–water partition coefficient (Wildman–Crippen LogP) is 2.98. The molecule has 0 bridgehead atoms. The molecule has 0 heterocycles. The first-order valence-corrected chi connectivity index (χ1v) is 7.88. The summed E-state index contributed by atoms with van der Waals surface area (Å²) in [5.41, 5.74) is 7.82. The second-order valence-corrected chi connectivity index (χ2v) is 5.26. The third kappa shape index (κ3) is 6.89. The number of unbranched alkanes of at least 4 members (excludes halogenated alkanes) is 1. The molecule has 0 saturated carbocycles. The molecule has 0 radical (unpaired) electrons. The number of rotatable bonds is 10. The maximum Gasteiger partial charge on any atom is 0.122 e. The molecule has 0 unspecified atom stereocenters. The van der Waals surface area contributed by atoms with Gasteiger partial charge in [0, 0.05) is 25.8 Å². The molecule has 0 fully saturated rings. The van der Waals surface area contributed by atoms with Crippen molar-refractivity contribution in [1.29, 1.82) is 0 Å². The van der Waals surface area contributed by atoms with Gasteiger partial charge >= 0.3 is 0 Å². The Bertz CT molecular complexity index is 438. The number of hydrogen-bond acceptors (Lipinski definition) is 4. The fraction of sp³-hybridized carbons (Fsp3) is 0.562. The number of ether oxygens (including phenoxy) is 2. The van der Waals surface area contributed by atoms with E-state index in [-0.39, 0.29) is 0 Å². The Hall–Kier alpha value is -1.17. The average molecular weight is 310 g/mol. The minimum Gasteiger partial charge on any atom is -0.493 e. The second kappa shape index (κ2) is 10.5. The monoisotopic (exact) mass is 310 g/mol. The number of hydrazine groups is 1. The lowest BCUT2D eigenvalue weighted by molar-refractivity contribution is 0.127. The quantitative estimate of drug-likeness (QED) is 0.395. The van der Waals surface area contributed by atoms with Crippen LogP contribution in [0.25, 0.3) is 0 Å². The lowest BCUT2D eigenvalue weighted by Gasteiger charge is -2.12. The van der Waals surface area contributed by atoms with Crippen LogP contribution in [0.5, 0.6) is 5.75 Å². The fourth-order valence-electron chi connectivity index (χ4n) is 1.87. The number of aryl methyl sites for hydroxylation is 1. The zero-order chi connectivity index (χ0) is 15.5. The second-order valence-electron chi connectivity index (χ2n) is 4.85. The van der Waals surface area contributed by atoms with Crippen LogP contribution in [0.2, 0.25) is 0 Å². The summed E-state index contributed by atoms with van der Waals surface area (Å²) in [7, 11) is 1.79. The molecule has 0 spiro atoms. The minimum atomic E-state index is 0.681. The Kier molecular flexibility index (Phi) is 8.98. The standard InChI is InChI=1S/C16H26N2O2S/c1-4-9-19-10-5-6-11-20-15-8-7-14(12-13(15)2)16(21)18-17-3/h7-8,12,17H,4-6,9-11H2,1-3H3,(H,18,21). The van der Waals surface area contributed by atoms with Gasteiger partial charge in [-0.1, -0.05) is 19.1 Å². The van der Waals surface area contributed by atoms with Crippen LogP contribution in [0.4, 0.5) is 0 Å². The minimum absolute atomic E-state index is 0.681. The van der Waals surface area contributed by atoms with E-state index >= 15 is 0 Å². The molecule has 2 N–H and O–H groups in total. The largest absolute Gasteiger partial charge is 0.493 e. The molecule has 0 saturated heterocycles. The van der Waals surface area contributed by atoms with Crippen molar-refractivity contribution in [3.8, 4) is 5.75 Å². The Morgan fingerprint density at radius 3 is 2.62 bits per heavy atom. The van der Waals surface area contributed by atoms with Gasteiger partial charge in [-0.25, -0.2) is 5.43 Å². The summed E-state index contributed by atoms with van der Waals surface area (Å²) in [6.07, 6.45) is 3.12. The molecule has 1 aromatic carbocycles. The van der Waals surface area contributed by atoms with Gasteiger partial charge in [-0.3, -0.25) is 0 Å². The van der Waals surface area contributed by atoms with Crippen molar-refractivity contribution in [3.63, 3.8) is 0 Å². The number of hydrogen-bond donors (Lipinski definition) is 2. The van der Waals surface area contributed by atoms with Crippen molar-refractivity contribution in [2.45, 2.75) is 33.1 Å². The van der Waals surface area contributed by atoms with Crippen LogP contribution in [-0.2, 0) is 4.74 Å². The van der Waals surface area contributed by atoms with Gasteiger partial charge in [-0.05, 0) is 49.9 Å². The van der Waals surface area contributed by atoms with Crippen LogP contribution in [-0.4, -0.2) is 31.9 Å². The predicted molar refractivity (Wildman–Crippen MR) is 90.9 cm³/mol. The smallest absolute Gasteiger partial charge is 0.122 e. The zero-order valence-corrected chi connectivity index (χ0v) is 14.0. The highest BCUT2D eigenvalue weighted by atomic mass is 32.1. The summed E-state index contributed by atoms with van der Waals surface area (Å²) in [4.78, 5) is 0.681. The molecule has 0 atom stereocenters. The zero-order valence-electron chi connectivity index (χ0n) is 13.2. The molecule has 21 heavy (non-hydrogen) atoms. The molecule has 0 aliphatic carbocycles. The highest BCUT2D eigenvalue weighted by Gasteiger charge is 2.04. The van der Waals surface area contributed by atoms with E-state index in [0.717, 1.165) is 56.0 Å². The molecular formula is C16H26N2O2S. The molecule has 0 aromatic heterocycles. The first-order chi connectivity index (χ1) is 10.2. The molecule has 0 aliphatic rings. The Morgan fingerprint density at radius 1 is 1.19 bits per heavy atom. The molecule has 0 amide bonds. The highest BCUT2D eigenvalue weighted by Crippen LogP contribution is 2.19. The van der Waals surface area contributed by atoms with Crippen molar-refractivity contribution in [1.82, 2.24) is 10.9 Å². The number of thiocarbonyl (C=S) groups is 1. The third-order valence-corrected chi connectivity index (χ3v) is 3.30. The average Bonchev–Trinajstić information content (AvgIpc) is 2.48. The lowest BCUT2D eigenvalue weighted by Crippen LogP contribution is -2.33. The normalized spacial score (nSPS) is 10.4. The van der Waals surface area contributed by atoms with Crippen molar-refractivity contribution in [2.24, 2.45) is 0 Å². The Balaban J connectivity index is 2.34. The van der Waals surface area contributed by atoms with Crippen LogP contribution < -0.4 is 15.6 Å². The lowest BCUT2D eigenvalue weighted by atomic mass is 10.1. The van der Waals surface area contributed by atoms with Crippen LogP contribution in [0, 0.1) is 6.92 Å². The van der Waals surface area contributed by atoms with Crippen LogP contribution in [0.1, 0.15) is 37.3 Å². The van der Waals surface area contributed by atoms with E-state index in [1.54, 1.807) is 7.05 Å². The SMILES string of the molecule is CCCOCCCCOc1ccc(C(=S)NNC)cc1C. The Labute approximate surface area is 133 Å². The summed E-state index contributed by atoms with van der Waals surface area (Å²) >= 11 is 5.25. The molecule has 1 rings (SSSR count). The Morgan fingerprint density at radius 2 is 1.95 bits per heavy atom. The highest BCUT2D eigenvalue weighted by molar-refractivity contribution is 7.80. The summed E-state index contributed by atoms with van der Waals surface area (Å²) in [6.45, 7) is 6.54. The molecule has 5 heteroatoms. The molecule has 118 valence electrons. The van der Waals surface area contributed by atoms with Crippen molar-refractivity contribution >= 4 is 17.2 Å². The first-order valence-electron chi connectivity index (χ1n) is 7.47. The van der Waals surface area contributed by atoms with Gasteiger partial charge < -0.3 is 14.9 Å². The van der Waals surface area contributed by atoms with E-state index in [0.29, 0.717) is 4.99 Å². The fourth-order valence-corrected chi connectivity index (χ4v) is 2.10. The molecular weight excluding hydrogens is 284 g/mol. The maximum absolute atomic E-state index is 5.80. The van der Waals surface area contributed by atoms with E-state index in [4.69, 9.17) is 21.7 Å². The van der Waals surface area contributed by atoms with E-state index in [2.05, 4.69) is 17.8 Å². The number of nitrogens with one attached hydrogen (secondary N) is 2. The van der Waals surface area contributed by atoms with Crippen LogP contribution in [0.15, 0.2) is 18.2 Å². The first kappa shape index (κ1) is 17.9. The summed E-state index contributed by atoms with van der Waals surface area (Å²) in [5.74, 6) is 0.917. The van der Waals surface area contributed by atoms with E-state index in [1.807, 2.05) is 25.1 Å². The van der Waals surface area contributed by atoms with Crippen LogP contribution >= 0.6 is 12.2 Å². The molecule has 0 aliphatic heterocycles. The summed E-state index contributed by atoms with van der Waals surface area (Å²) in [5, 5.41) is 0. The molecule has 1 aromatic rings. The summed E-state index contributed by atoms with van der Waals surface area (Å²) < 4.78 is 11.2. The van der Waals surface area contributed by atoms with Crippen molar-refractivity contribution in [2.75, 3.05) is 26.9 Å². The van der Waals surface area contributed by atoms with Gasteiger partial charge in [0.2, 0.25) is 0 Å². The van der Waals surface area contributed by atoms with E-state index in [1.165, 1.54) is 0 Å². The maximum atomic E-state index is 5.80. The van der Waals surface area contributed by atoms with Gasteiger partial charge in [0.25, 0.3) is 0 Å². The van der Waals surface area contributed by atoms with E-state index in [9.17, 15) is 0 Å². The van der Waals surface area contributed by atoms with Crippen molar-refractivity contribution < 1.29 is 9.47 Å². The molecule has 4 nitrogen and oxygen atoms in total.